The number of benzene rings is 2. The zero-order chi connectivity index (χ0) is 17.3. The summed E-state index contributed by atoms with van der Waals surface area (Å²) < 4.78 is 1.81. The van der Waals surface area contributed by atoms with E-state index in [1.807, 2.05) is 35.0 Å². The van der Waals surface area contributed by atoms with Crippen LogP contribution < -0.4 is 5.32 Å². The van der Waals surface area contributed by atoms with Crippen LogP contribution in [0.4, 0.5) is 5.69 Å². The number of anilines is 1. The fourth-order valence-corrected chi connectivity index (χ4v) is 2.94. The van der Waals surface area contributed by atoms with Crippen molar-refractivity contribution in [1.82, 2.24) is 20.2 Å². The number of halogens is 1. The Morgan fingerprint density at radius 2 is 1.62 bits per heavy atom. The van der Waals surface area contributed by atoms with Gasteiger partial charge in [0.2, 0.25) is 0 Å². The Morgan fingerprint density at radius 1 is 1.00 bits per heavy atom. The number of rotatable bonds is 4. The van der Waals surface area contributed by atoms with Crippen molar-refractivity contribution in [2.75, 3.05) is 5.32 Å². The molecule has 24 heavy (non-hydrogen) atoms. The van der Waals surface area contributed by atoms with Crippen LogP contribution in [0.5, 0.6) is 0 Å². The zero-order valence-electron chi connectivity index (χ0n) is 14.2. The van der Waals surface area contributed by atoms with Gasteiger partial charge < -0.3 is 5.32 Å². The number of para-hydroxylation sites is 1. The van der Waals surface area contributed by atoms with Crippen LogP contribution in [0.25, 0.3) is 5.69 Å². The minimum absolute atomic E-state index is 0.466. The van der Waals surface area contributed by atoms with Crippen LogP contribution in [-0.2, 0) is 5.54 Å². The Hall–Kier alpha value is -2.40. The first-order valence-corrected chi connectivity index (χ1v) is 8.15. The maximum atomic E-state index is 5.96. The first kappa shape index (κ1) is 16.5. The molecule has 124 valence electrons. The number of hydrogen-bond acceptors (Lipinski definition) is 4. The monoisotopic (exact) mass is 341 g/mol. The van der Waals surface area contributed by atoms with Gasteiger partial charge in [0, 0.05) is 10.7 Å². The molecule has 5 nitrogen and oxygen atoms in total. The molecule has 0 aliphatic rings. The van der Waals surface area contributed by atoms with Crippen molar-refractivity contribution in [2.45, 2.75) is 33.2 Å². The SMILES string of the molecule is Cc1cccc(C)c1-n1nnnc1C(C)(C)Nc1ccc(Cl)cc1. The smallest absolute Gasteiger partial charge is 0.181 e. The summed E-state index contributed by atoms with van der Waals surface area (Å²) >= 11 is 5.96. The topological polar surface area (TPSA) is 55.6 Å². The van der Waals surface area contributed by atoms with Gasteiger partial charge in [0.15, 0.2) is 5.82 Å². The molecule has 1 heterocycles. The highest BCUT2D eigenvalue weighted by Gasteiger charge is 2.29. The van der Waals surface area contributed by atoms with E-state index in [1.54, 1.807) is 0 Å². The van der Waals surface area contributed by atoms with Gasteiger partial charge in [0.25, 0.3) is 0 Å². The molecule has 0 saturated heterocycles. The van der Waals surface area contributed by atoms with E-state index in [9.17, 15) is 0 Å². The molecule has 0 aliphatic heterocycles. The molecule has 3 aromatic rings. The molecule has 0 atom stereocenters. The Labute approximate surface area is 146 Å². The van der Waals surface area contributed by atoms with Gasteiger partial charge in [-0.25, -0.2) is 0 Å². The van der Waals surface area contributed by atoms with E-state index in [0.29, 0.717) is 5.02 Å². The maximum absolute atomic E-state index is 5.96. The van der Waals surface area contributed by atoms with Crippen LogP contribution >= 0.6 is 11.6 Å². The van der Waals surface area contributed by atoms with Crippen molar-refractivity contribution < 1.29 is 0 Å². The van der Waals surface area contributed by atoms with E-state index < -0.39 is 5.54 Å². The van der Waals surface area contributed by atoms with Crippen LogP contribution in [0, 0.1) is 13.8 Å². The van der Waals surface area contributed by atoms with Crippen molar-refractivity contribution in [3.8, 4) is 5.69 Å². The second-order valence-corrected chi connectivity index (χ2v) is 6.85. The van der Waals surface area contributed by atoms with Gasteiger partial charge in [-0.3, -0.25) is 0 Å². The predicted molar refractivity (Wildman–Crippen MR) is 96.7 cm³/mol. The van der Waals surface area contributed by atoms with E-state index in [0.717, 1.165) is 28.3 Å². The number of nitrogens with one attached hydrogen (secondary N) is 1. The minimum atomic E-state index is -0.466. The number of hydrogen-bond donors (Lipinski definition) is 1. The van der Waals surface area contributed by atoms with Crippen LogP contribution in [0.1, 0.15) is 30.8 Å². The molecule has 0 unspecified atom stereocenters. The van der Waals surface area contributed by atoms with Gasteiger partial charge in [0.1, 0.15) is 0 Å². The van der Waals surface area contributed by atoms with Gasteiger partial charge in [0.05, 0.1) is 11.2 Å². The maximum Gasteiger partial charge on any atom is 0.181 e. The average Bonchev–Trinajstić information content (AvgIpc) is 2.99. The lowest BCUT2D eigenvalue weighted by molar-refractivity contribution is 0.541. The largest absolute Gasteiger partial charge is 0.373 e. The van der Waals surface area contributed by atoms with E-state index in [1.165, 1.54) is 0 Å². The summed E-state index contributed by atoms with van der Waals surface area (Å²) in [5, 5.41) is 16.6. The third-order valence-corrected chi connectivity index (χ3v) is 4.23. The minimum Gasteiger partial charge on any atom is -0.373 e. The summed E-state index contributed by atoms with van der Waals surface area (Å²) in [6.07, 6.45) is 0. The summed E-state index contributed by atoms with van der Waals surface area (Å²) in [7, 11) is 0. The Morgan fingerprint density at radius 3 is 2.25 bits per heavy atom. The molecule has 0 aliphatic carbocycles. The van der Waals surface area contributed by atoms with Gasteiger partial charge in [-0.05, 0) is 73.5 Å². The normalized spacial score (nSPS) is 11.5. The van der Waals surface area contributed by atoms with Gasteiger partial charge >= 0.3 is 0 Å². The molecule has 0 radical (unpaired) electrons. The standard InChI is InChI=1S/C18H20ClN5/c1-12-6-5-7-13(2)16(12)24-17(21-22-23-24)18(3,4)20-15-10-8-14(19)9-11-15/h5-11,20H,1-4H3. The lowest BCUT2D eigenvalue weighted by Gasteiger charge is -2.27. The molecule has 0 saturated carbocycles. The number of nitrogens with zero attached hydrogens (tertiary/aromatic N) is 4. The molecule has 0 bridgehead atoms. The Balaban J connectivity index is 2.01. The van der Waals surface area contributed by atoms with Crippen molar-refractivity contribution in [3.05, 3.63) is 64.4 Å². The second kappa shape index (κ2) is 6.24. The third kappa shape index (κ3) is 3.12. The fraction of sp³-hybridized carbons (Fsp3) is 0.278. The zero-order valence-corrected chi connectivity index (χ0v) is 15.0. The lowest BCUT2D eigenvalue weighted by Crippen LogP contribution is -2.32. The average molecular weight is 342 g/mol. The van der Waals surface area contributed by atoms with Gasteiger partial charge in [-0.2, -0.15) is 4.68 Å². The fourth-order valence-electron chi connectivity index (χ4n) is 2.82. The van der Waals surface area contributed by atoms with E-state index in [2.05, 4.69) is 60.7 Å². The quantitative estimate of drug-likeness (QED) is 0.769. The van der Waals surface area contributed by atoms with Crippen LogP contribution in [0.3, 0.4) is 0 Å². The van der Waals surface area contributed by atoms with Crippen molar-refractivity contribution in [2.24, 2.45) is 0 Å². The molecular weight excluding hydrogens is 322 g/mol. The number of aryl methyl sites for hydroxylation is 2. The summed E-state index contributed by atoms with van der Waals surface area (Å²) in [6.45, 7) is 8.23. The third-order valence-electron chi connectivity index (χ3n) is 3.98. The van der Waals surface area contributed by atoms with E-state index >= 15 is 0 Å². The molecule has 1 aromatic heterocycles. The number of aromatic nitrogens is 4. The van der Waals surface area contributed by atoms with E-state index in [4.69, 9.17) is 11.6 Å². The number of tetrazole rings is 1. The van der Waals surface area contributed by atoms with Gasteiger partial charge in [-0.15, -0.1) is 5.10 Å². The molecule has 3 rings (SSSR count). The highest BCUT2D eigenvalue weighted by Crippen LogP contribution is 2.28. The van der Waals surface area contributed by atoms with Crippen molar-refractivity contribution >= 4 is 17.3 Å². The summed E-state index contributed by atoms with van der Waals surface area (Å²) in [4.78, 5) is 0. The van der Waals surface area contributed by atoms with Crippen molar-refractivity contribution in [3.63, 3.8) is 0 Å². The summed E-state index contributed by atoms with van der Waals surface area (Å²) in [6, 6.07) is 13.8. The first-order chi connectivity index (χ1) is 11.4. The Bertz CT molecular complexity index is 832. The molecule has 0 spiro atoms. The second-order valence-electron chi connectivity index (χ2n) is 6.41. The lowest BCUT2D eigenvalue weighted by atomic mass is 10.0. The van der Waals surface area contributed by atoms with E-state index in [-0.39, 0.29) is 0 Å². The molecule has 0 fully saturated rings. The highest BCUT2D eigenvalue weighted by atomic mass is 35.5. The summed E-state index contributed by atoms with van der Waals surface area (Å²) in [5.74, 6) is 0.745. The van der Waals surface area contributed by atoms with Crippen LogP contribution in [0.2, 0.25) is 5.02 Å². The molecule has 1 N–H and O–H groups in total. The predicted octanol–water partition coefficient (Wildman–Crippen LogP) is 4.28. The van der Waals surface area contributed by atoms with Crippen LogP contribution in [0.15, 0.2) is 42.5 Å². The Kier molecular flexibility index (Phi) is 4.28. The highest BCUT2D eigenvalue weighted by molar-refractivity contribution is 6.30. The molecule has 2 aromatic carbocycles. The van der Waals surface area contributed by atoms with Crippen LogP contribution in [-0.4, -0.2) is 20.2 Å². The molecular formula is C18H20ClN5. The van der Waals surface area contributed by atoms with Crippen molar-refractivity contribution in [1.29, 1.82) is 0 Å². The van der Waals surface area contributed by atoms with Gasteiger partial charge in [-0.1, -0.05) is 29.8 Å². The first-order valence-electron chi connectivity index (χ1n) is 7.78. The molecule has 0 amide bonds. The summed E-state index contributed by atoms with van der Waals surface area (Å²) in [5.41, 5.74) is 3.77. The molecule has 6 heteroatoms.